The third-order valence-corrected chi connectivity index (χ3v) is 4.01. The maximum absolute atomic E-state index is 5.02. The Morgan fingerprint density at radius 2 is 2.00 bits per heavy atom. The van der Waals surface area contributed by atoms with Crippen molar-refractivity contribution in [3.63, 3.8) is 0 Å². The van der Waals surface area contributed by atoms with E-state index in [4.69, 9.17) is 4.74 Å². The van der Waals surface area contributed by atoms with Crippen LogP contribution in [0.4, 0.5) is 0 Å². The average Bonchev–Trinajstić information content (AvgIpc) is 2.36. The molecule has 1 atom stereocenters. The molecule has 0 aromatic carbocycles. The summed E-state index contributed by atoms with van der Waals surface area (Å²) < 4.78 is 5.02. The maximum Gasteiger partial charge on any atom is 0.0587 e. The van der Waals surface area contributed by atoms with Gasteiger partial charge in [-0.1, -0.05) is 51.9 Å². The van der Waals surface area contributed by atoms with Crippen molar-refractivity contribution in [2.24, 2.45) is 11.8 Å². The highest BCUT2D eigenvalue weighted by Crippen LogP contribution is 2.28. The summed E-state index contributed by atoms with van der Waals surface area (Å²) in [6.07, 6.45) is 11.7. The Morgan fingerprint density at radius 3 is 2.71 bits per heavy atom. The third kappa shape index (κ3) is 7.77. The molecule has 1 N–H and O–H groups in total. The highest BCUT2D eigenvalue weighted by Gasteiger charge is 2.13. The lowest BCUT2D eigenvalue weighted by molar-refractivity contribution is 0.197. The van der Waals surface area contributed by atoms with Crippen LogP contribution in [0.1, 0.15) is 58.3 Å². The first kappa shape index (κ1) is 15.0. The van der Waals surface area contributed by atoms with Gasteiger partial charge in [0.25, 0.3) is 0 Å². The molecule has 0 bridgehead atoms. The van der Waals surface area contributed by atoms with Crippen molar-refractivity contribution in [3.8, 4) is 0 Å². The van der Waals surface area contributed by atoms with E-state index in [0.717, 1.165) is 31.5 Å². The molecule has 0 radical (unpaired) electrons. The van der Waals surface area contributed by atoms with Gasteiger partial charge in [0.05, 0.1) is 6.61 Å². The Kier molecular flexibility index (Phi) is 8.72. The Hall–Kier alpha value is -0.0800. The van der Waals surface area contributed by atoms with Crippen molar-refractivity contribution in [2.45, 2.75) is 58.3 Å². The second kappa shape index (κ2) is 9.90. The molecule has 1 rings (SSSR count). The SMILES string of the molecule is COCCNCC(C)CCCC1CCCCC1. The van der Waals surface area contributed by atoms with E-state index in [0.29, 0.717) is 0 Å². The first-order valence-corrected chi connectivity index (χ1v) is 7.52. The van der Waals surface area contributed by atoms with E-state index in [2.05, 4.69) is 12.2 Å². The molecule has 1 aliphatic carbocycles. The van der Waals surface area contributed by atoms with Crippen LogP contribution >= 0.6 is 0 Å². The standard InChI is InChI=1S/C15H31NO/c1-14(13-16-11-12-17-2)7-6-10-15-8-4-3-5-9-15/h14-16H,3-13H2,1-2H3. The number of methoxy groups -OCH3 is 1. The predicted octanol–water partition coefficient (Wildman–Crippen LogP) is 3.61. The quantitative estimate of drug-likeness (QED) is 0.623. The normalized spacial score (nSPS) is 19.4. The van der Waals surface area contributed by atoms with Crippen molar-refractivity contribution < 1.29 is 4.74 Å². The maximum atomic E-state index is 5.02. The third-order valence-electron chi connectivity index (χ3n) is 4.01. The smallest absolute Gasteiger partial charge is 0.0587 e. The van der Waals surface area contributed by atoms with Gasteiger partial charge in [0, 0.05) is 13.7 Å². The van der Waals surface area contributed by atoms with Crippen LogP contribution in [0.25, 0.3) is 0 Å². The van der Waals surface area contributed by atoms with Crippen LogP contribution in [0.15, 0.2) is 0 Å². The van der Waals surface area contributed by atoms with E-state index in [9.17, 15) is 0 Å². The molecule has 0 aromatic rings. The average molecular weight is 241 g/mol. The van der Waals surface area contributed by atoms with Crippen LogP contribution in [-0.2, 0) is 4.74 Å². The molecular weight excluding hydrogens is 210 g/mol. The van der Waals surface area contributed by atoms with Crippen LogP contribution in [0.2, 0.25) is 0 Å². The molecule has 17 heavy (non-hydrogen) atoms. The molecule has 0 heterocycles. The molecule has 2 nitrogen and oxygen atoms in total. The zero-order chi connectivity index (χ0) is 12.3. The van der Waals surface area contributed by atoms with E-state index < -0.39 is 0 Å². The van der Waals surface area contributed by atoms with Gasteiger partial charge in [0.15, 0.2) is 0 Å². The van der Waals surface area contributed by atoms with Gasteiger partial charge in [0.2, 0.25) is 0 Å². The minimum absolute atomic E-state index is 0.815. The molecule has 1 fully saturated rings. The van der Waals surface area contributed by atoms with E-state index in [1.165, 1.54) is 51.4 Å². The summed E-state index contributed by atoms with van der Waals surface area (Å²) in [6.45, 7) is 5.33. The summed E-state index contributed by atoms with van der Waals surface area (Å²) >= 11 is 0. The fourth-order valence-electron chi connectivity index (χ4n) is 2.86. The number of rotatable bonds is 9. The molecule has 0 saturated heterocycles. The van der Waals surface area contributed by atoms with Crippen LogP contribution in [0.5, 0.6) is 0 Å². The zero-order valence-electron chi connectivity index (χ0n) is 11.8. The van der Waals surface area contributed by atoms with E-state index in [1.807, 2.05) is 0 Å². The number of hydrogen-bond donors (Lipinski definition) is 1. The topological polar surface area (TPSA) is 21.3 Å². The Balaban J connectivity index is 1.90. The summed E-state index contributed by atoms with van der Waals surface area (Å²) in [5, 5.41) is 3.45. The van der Waals surface area contributed by atoms with E-state index in [1.54, 1.807) is 7.11 Å². The zero-order valence-corrected chi connectivity index (χ0v) is 11.8. The fourth-order valence-corrected chi connectivity index (χ4v) is 2.86. The van der Waals surface area contributed by atoms with Gasteiger partial charge in [-0.3, -0.25) is 0 Å². The number of ether oxygens (including phenoxy) is 1. The summed E-state index contributed by atoms with van der Waals surface area (Å²) in [5.41, 5.74) is 0. The minimum atomic E-state index is 0.815. The highest BCUT2D eigenvalue weighted by atomic mass is 16.5. The summed E-state index contributed by atoms with van der Waals surface area (Å²) in [4.78, 5) is 0. The van der Waals surface area contributed by atoms with Crippen molar-refractivity contribution in [3.05, 3.63) is 0 Å². The lowest BCUT2D eigenvalue weighted by Crippen LogP contribution is -2.24. The van der Waals surface area contributed by atoms with E-state index in [-0.39, 0.29) is 0 Å². The van der Waals surface area contributed by atoms with Gasteiger partial charge in [-0.05, 0) is 24.8 Å². The second-order valence-corrected chi connectivity index (χ2v) is 5.74. The largest absolute Gasteiger partial charge is 0.383 e. The second-order valence-electron chi connectivity index (χ2n) is 5.74. The Bertz CT molecular complexity index is 166. The molecule has 0 aromatic heterocycles. The van der Waals surface area contributed by atoms with Gasteiger partial charge in [-0.25, -0.2) is 0 Å². The fraction of sp³-hybridized carbons (Fsp3) is 1.00. The van der Waals surface area contributed by atoms with Crippen molar-refractivity contribution in [2.75, 3.05) is 26.8 Å². The lowest BCUT2D eigenvalue weighted by atomic mass is 9.85. The monoisotopic (exact) mass is 241 g/mol. The Morgan fingerprint density at radius 1 is 1.24 bits per heavy atom. The molecule has 1 saturated carbocycles. The molecule has 102 valence electrons. The summed E-state index contributed by atoms with van der Waals surface area (Å²) in [5.74, 6) is 1.87. The van der Waals surface area contributed by atoms with Crippen molar-refractivity contribution in [1.82, 2.24) is 5.32 Å². The molecule has 2 heteroatoms. The van der Waals surface area contributed by atoms with Crippen LogP contribution in [0, 0.1) is 11.8 Å². The van der Waals surface area contributed by atoms with Crippen LogP contribution < -0.4 is 5.32 Å². The number of hydrogen-bond acceptors (Lipinski definition) is 2. The highest BCUT2D eigenvalue weighted by molar-refractivity contribution is 4.67. The molecule has 0 aliphatic heterocycles. The van der Waals surface area contributed by atoms with Gasteiger partial charge >= 0.3 is 0 Å². The van der Waals surface area contributed by atoms with Gasteiger partial charge in [-0.2, -0.15) is 0 Å². The number of nitrogens with one attached hydrogen (secondary N) is 1. The summed E-state index contributed by atoms with van der Waals surface area (Å²) in [7, 11) is 1.76. The van der Waals surface area contributed by atoms with Crippen molar-refractivity contribution >= 4 is 0 Å². The van der Waals surface area contributed by atoms with E-state index >= 15 is 0 Å². The van der Waals surface area contributed by atoms with Gasteiger partial charge in [-0.15, -0.1) is 0 Å². The molecule has 1 unspecified atom stereocenters. The van der Waals surface area contributed by atoms with Crippen LogP contribution in [-0.4, -0.2) is 26.8 Å². The van der Waals surface area contributed by atoms with Crippen LogP contribution in [0.3, 0.4) is 0 Å². The first-order chi connectivity index (χ1) is 8.33. The van der Waals surface area contributed by atoms with Crippen molar-refractivity contribution in [1.29, 1.82) is 0 Å². The van der Waals surface area contributed by atoms with Gasteiger partial charge in [0.1, 0.15) is 0 Å². The molecule has 0 spiro atoms. The lowest BCUT2D eigenvalue weighted by Gasteiger charge is -2.22. The molecule has 0 amide bonds. The molecular formula is C15H31NO. The minimum Gasteiger partial charge on any atom is -0.383 e. The first-order valence-electron chi connectivity index (χ1n) is 7.52. The predicted molar refractivity (Wildman–Crippen MR) is 74.3 cm³/mol. The molecule has 1 aliphatic rings. The summed E-state index contributed by atoms with van der Waals surface area (Å²) in [6, 6.07) is 0. The Labute approximate surface area is 108 Å². The van der Waals surface area contributed by atoms with Gasteiger partial charge < -0.3 is 10.1 Å².